The van der Waals surface area contributed by atoms with Crippen molar-refractivity contribution in [2.45, 2.75) is 18.9 Å². The van der Waals surface area contributed by atoms with Crippen molar-refractivity contribution in [1.29, 1.82) is 0 Å². The van der Waals surface area contributed by atoms with E-state index in [1.165, 1.54) is 0 Å². The van der Waals surface area contributed by atoms with Crippen LogP contribution in [0, 0.1) is 0 Å². The number of hydrogen-bond donors (Lipinski definition) is 2. The summed E-state index contributed by atoms with van der Waals surface area (Å²) in [4.78, 5) is 39.7. The molecule has 0 aliphatic carbocycles. The number of para-hydroxylation sites is 1. The van der Waals surface area contributed by atoms with Crippen LogP contribution in [0.5, 0.6) is 11.5 Å². The van der Waals surface area contributed by atoms with Gasteiger partial charge in [-0.2, -0.15) is 0 Å². The summed E-state index contributed by atoms with van der Waals surface area (Å²) in [5.74, 6) is 1.58. The fourth-order valence-corrected chi connectivity index (χ4v) is 4.31. The molecular weight excluding hydrogens is 494 g/mol. The second-order valence-corrected chi connectivity index (χ2v) is 9.71. The van der Waals surface area contributed by atoms with Crippen molar-refractivity contribution in [3.63, 3.8) is 0 Å². The van der Waals surface area contributed by atoms with Crippen LogP contribution in [0.3, 0.4) is 0 Å². The highest BCUT2D eigenvalue weighted by molar-refractivity contribution is 5.96. The number of amides is 2. The molecule has 1 atom stereocenters. The number of likely N-dealkylation sites (tertiary alicyclic amines) is 1. The molecule has 3 aromatic rings. The first-order valence-electron chi connectivity index (χ1n) is 12.9. The first-order valence-corrected chi connectivity index (χ1v) is 12.9. The third-order valence-electron chi connectivity index (χ3n) is 6.44. The lowest BCUT2D eigenvalue weighted by molar-refractivity contribution is -0.127. The summed E-state index contributed by atoms with van der Waals surface area (Å²) < 4.78 is 5.85. The summed E-state index contributed by atoms with van der Waals surface area (Å²) in [7, 11) is 5.85. The van der Waals surface area contributed by atoms with Crippen molar-refractivity contribution in [3.05, 3.63) is 78.6 Å². The van der Waals surface area contributed by atoms with Crippen LogP contribution in [-0.2, 0) is 4.79 Å². The molecule has 10 nitrogen and oxygen atoms in total. The minimum Gasteiger partial charge on any atom is -0.457 e. The van der Waals surface area contributed by atoms with Gasteiger partial charge in [0.25, 0.3) is 5.91 Å². The number of piperidine rings is 1. The molecule has 0 saturated carbocycles. The number of carbonyl (C=O) groups is 2. The number of aromatic nitrogens is 2. The molecule has 1 aromatic heterocycles. The molecule has 2 aromatic carbocycles. The molecule has 0 unspecified atom stereocenters. The van der Waals surface area contributed by atoms with Crippen LogP contribution in [0.4, 0.5) is 17.3 Å². The minimum absolute atomic E-state index is 0.00663. The van der Waals surface area contributed by atoms with E-state index in [1.807, 2.05) is 96.5 Å². The molecule has 2 heterocycles. The van der Waals surface area contributed by atoms with Crippen molar-refractivity contribution < 1.29 is 14.3 Å². The molecule has 1 fully saturated rings. The van der Waals surface area contributed by atoms with Crippen LogP contribution < -0.4 is 20.7 Å². The maximum Gasteiger partial charge on any atom is 0.271 e. The SMILES string of the molecule is CN(C)C/C=C/C(=O)N1CCC[C@@H](N(C)c2cnc(C(N)=O)c(Nc3ccc(Oc4ccccc4)cc3)n2)C1. The third-order valence-corrected chi connectivity index (χ3v) is 6.44. The lowest BCUT2D eigenvalue weighted by Crippen LogP contribution is -2.48. The van der Waals surface area contributed by atoms with E-state index in [0.717, 1.165) is 25.1 Å². The van der Waals surface area contributed by atoms with E-state index in [4.69, 9.17) is 15.5 Å². The topological polar surface area (TPSA) is 117 Å². The first kappa shape index (κ1) is 27.6. The molecule has 1 saturated heterocycles. The molecule has 39 heavy (non-hydrogen) atoms. The largest absolute Gasteiger partial charge is 0.457 e. The van der Waals surface area contributed by atoms with Gasteiger partial charge in [0, 0.05) is 44.5 Å². The van der Waals surface area contributed by atoms with Crippen molar-refractivity contribution in [1.82, 2.24) is 19.8 Å². The highest BCUT2D eigenvalue weighted by atomic mass is 16.5. The van der Waals surface area contributed by atoms with E-state index < -0.39 is 5.91 Å². The predicted octanol–water partition coefficient (Wildman–Crippen LogP) is 3.66. The number of rotatable bonds is 10. The van der Waals surface area contributed by atoms with Gasteiger partial charge in [-0.3, -0.25) is 9.59 Å². The van der Waals surface area contributed by atoms with Crippen LogP contribution in [0.1, 0.15) is 23.3 Å². The summed E-state index contributed by atoms with van der Waals surface area (Å²) in [6.45, 7) is 2.01. The molecule has 4 rings (SSSR count). The van der Waals surface area contributed by atoms with Gasteiger partial charge >= 0.3 is 0 Å². The Bertz CT molecular complexity index is 1300. The minimum atomic E-state index is -0.679. The molecule has 3 N–H and O–H groups in total. The molecule has 0 bridgehead atoms. The van der Waals surface area contributed by atoms with Crippen molar-refractivity contribution in [3.8, 4) is 11.5 Å². The van der Waals surface area contributed by atoms with E-state index in [1.54, 1.807) is 12.3 Å². The lowest BCUT2D eigenvalue weighted by Gasteiger charge is -2.37. The maximum absolute atomic E-state index is 12.7. The molecular formula is C29H35N7O3. The van der Waals surface area contributed by atoms with Crippen molar-refractivity contribution in [2.75, 3.05) is 51.0 Å². The van der Waals surface area contributed by atoms with Gasteiger partial charge in [-0.15, -0.1) is 0 Å². The van der Waals surface area contributed by atoms with Gasteiger partial charge in [-0.1, -0.05) is 24.3 Å². The number of nitrogens with two attached hydrogens (primary N) is 1. The van der Waals surface area contributed by atoms with E-state index in [-0.39, 0.29) is 23.5 Å². The fourth-order valence-electron chi connectivity index (χ4n) is 4.31. The highest BCUT2D eigenvalue weighted by Crippen LogP contribution is 2.27. The number of nitrogens with zero attached hydrogens (tertiary/aromatic N) is 5. The predicted molar refractivity (Wildman–Crippen MR) is 152 cm³/mol. The van der Waals surface area contributed by atoms with Crippen LogP contribution in [0.25, 0.3) is 0 Å². The number of benzene rings is 2. The number of primary amides is 1. The summed E-state index contributed by atoms with van der Waals surface area (Å²) in [5, 5.41) is 3.17. The summed E-state index contributed by atoms with van der Waals surface area (Å²) in [6.07, 6.45) is 6.86. The molecule has 0 spiro atoms. The van der Waals surface area contributed by atoms with E-state index >= 15 is 0 Å². The zero-order valence-electron chi connectivity index (χ0n) is 22.6. The van der Waals surface area contributed by atoms with Gasteiger partial charge < -0.3 is 30.5 Å². The summed E-state index contributed by atoms with van der Waals surface area (Å²) in [5.41, 5.74) is 6.33. The Morgan fingerprint density at radius 2 is 1.82 bits per heavy atom. The average molecular weight is 530 g/mol. The Balaban J connectivity index is 1.46. The van der Waals surface area contributed by atoms with Crippen LogP contribution in [0.15, 0.2) is 72.9 Å². The van der Waals surface area contributed by atoms with E-state index in [9.17, 15) is 9.59 Å². The number of likely N-dealkylation sites (N-methyl/N-ethyl adjacent to an activating group) is 2. The average Bonchev–Trinajstić information content (AvgIpc) is 2.94. The number of anilines is 3. The smallest absolute Gasteiger partial charge is 0.271 e. The van der Waals surface area contributed by atoms with Gasteiger partial charge in [0.15, 0.2) is 11.5 Å². The fraction of sp³-hybridized carbons (Fsp3) is 0.310. The lowest BCUT2D eigenvalue weighted by atomic mass is 10.0. The Hall–Kier alpha value is -4.44. The third kappa shape index (κ3) is 7.55. The quantitative estimate of drug-likeness (QED) is 0.382. The second-order valence-electron chi connectivity index (χ2n) is 9.71. The van der Waals surface area contributed by atoms with Gasteiger partial charge in [-0.25, -0.2) is 9.97 Å². The number of ether oxygens (including phenoxy) is 1. The van der Waals surface area contributed by atoms with E-state index in [2.05, 4.69) is 10.3 Å². The normalized spacial score (nSPS) is 15.4. The van der Waals surface area contributed by atoms with Crippen LogP contribution >= 0.6 is 0 Å². The van der Waals surface area contributed by atoms with Crippen LogP contribution in [0.2, 0.25) is 0 Å². The molecule has 10 heteroatoms. The first-order chi connectivity index (χ1) is 18.8. The zero-order chi connectivity index (χ0) is 27.8. The number of hydrogen-bond acceptors (Lipinski definition) is 8. The second kappa shape index (κ2) is 12.9. The summed E-state index contributed by atoms with van der Waals surface area (Å²) >= 11 is 0. The Morgan fingerprint density at radius 1 is 1.10 bits per heavy atom. The Morgan fingerprint density at radius 3 is 2.51 bits per heavy atom. The van der Waals surface area contributed by atoms with Crippen LogP contribution in [-0.4, -0.2) is 78.4 Å². The summed E-state index contributed by atoms with van der Waals surface area (Å²) in [6, 6.07) is 16.9. The van der Waals surface area contributed by atoms with Gasteiger partial charge in [0.05, 0.1) is 6.20 Å². The van der Waals surface area contributed by atoms with Gasteiger partial charge in [0.1, 0.15) is 17.3 Å². The van der Waals surface area contributed by atoms with Gasteiger partial charge in [-0.05, 0) is 63.3 Å². The molecule has 0 radical (unpaired) electrons. The van der Waals surface area contributed by atoms with Crippen molar-refractivity contribution >= 4 is 29.1 Å². The molecule has 204 valence electrons. The highest BCUT2D eigenvalue weighted by Gasteiger charge is 2.27. The zero-order valence-corrected chi connectivity index (χ0v) is 22.6. The van der Waals surface area contributed by atoms with Gasteiger partial charge in [0.2, 0.25) is 5.91 Å². The molecule has 1 aliphatic rings. The Kier molecular flexibility index (Phi) is 9.11. The molecule has 1 aliphatic heterocycles. The van der Waals surface area contributed by atoms with E-state index in [0.29, 0.717) is 30.3 Å². The molecule has 2 amide bonds. The number of nitrogens with one attached hydrogen (secondary N) is 1. The monoisotopic (exact) mass is 529 g/mol. The number of carbonyl (C=O) groups excluding carboxylic acids is 2. The standard InChI is InChI=1S/C29H35N7O3/c1-34(2)17-8-12-26(37)36-18-7-9-22(20-36)35(3)25-19-31-27(28(30)38)29(33-25)32-21-13-15-24(16-14-21)39-23-10-5-4-6-11-23/h4-6,8,10-16,19,22H,7,9,17-18,20H2,1-3H3,(H2,30,38)(H,32,33)/b12-8+/t22-/m1/s1. The maximum atomic E-state index is 12.7. The van der Waals surface area contributed by atoms with Crippen molar-refractivity contribution in [2.24, 2.45) is 5.73 Å². The Labute approximate surface area is 229 Å².